The van der Waals surface area contributed by atoms with E-state index in [1.165, 1.54) is 29.6 Å². The molecule has 3 aromatic rings. The molecule has 3 aromatic carbocycles. The van der Waals surface area contributed by atoms with Crippen LogP contribution in [0.25, 0.3) is 0 Å². The molecule has 0 spiro atoms. The Morgan fingerprint density at radius 3 is 2.17 bits per heavy atom. The van der Waals surface area contributed by atoms with Crippen LogP contribution in [0.1, 0.15) is 24.0 Å². The van der Waals surface area contributed by atoms with Crippen LogP contribution in [0.3, 0.4) is 0 Å². The number of benzene rings is 3. The maximum atomic E-state index is 12.8. The average Bonchev–Trinajstić information content (AvgIpc) is 3.49. The van der Waals surface area contributed by atoms with Gasteiger partial charge in [-0.1, -0.05) is 12.1 Å². The van der Waals surface area contributed by atoms with Gasteiger partial charge in [-0.25, -0.2) is 16.8 Å². The van der Waals surface area contributed by atoms with Crippen molar-refractivity contribution in [1.82, 2.24) is 9.62 Å². The summed E-state index contributed by atoms with van der Waals surface area (Å²) in [5.41, 5.74) is 1.87. The van der Waals surface area contributed by atoms with Crippen molar-refractivity contribution in [2.24, 2.45) is 0 Å². The summed E-state index contributed by atoms with van der Waals surface area (Å²) in [5, 5.41) is 2.78. The van der Waals surface area contributed by atoms with E-state index in [9.17, 15) is 21.6 Å². The summed E-state index contributed by atoms with van der Waals surface area (Å²) >= 11 is 0. The van der Waals surface area contributed by atoms with Crippen LogP contribution in [0, 0.1) is 6.92 Å². The number of aryl methyl sites for hydroxylation is 1. The molecule has 1 aliphatic rings. The molecule has 0 aromatic heterocycles. The summed E-state index contributed by atoms with van der Waals surface area (Å²) in [6.07, 6.45) is 2.30. The molecule has 2 N–H and O–H groups in total. The first-order valence-electron chi connectivity index (χ1n) is 12.8. The molecule has 214 valence electrons. The third-order valence-corrected chi connectivity index (χ3v) is 9.81. The van der Waals surface area contributed by atoms with Crippen LogP contribution in [-0.2, 0) is 31.3 Å². The molecule has 4 rings (SSSR count). The van der Waals surface area contributed by atoms with Crippen molar-refractivity contribution in [1.29, 1.82) is 0 Å². The molecule has 40 heavy (non-hydrogen) atoms. The predicted octanol–water partition coefficient (Wildman–Crippen LogP) is 3.33. The van der Waals surface area contributed by atoms with Crippen LogP contribution in [0.5, 0.6) is 11.5 Å². The number of carbonyl (C=O) groups is 1. The van der Waals surface area contributed by atoms with Gasteiger partial charge in [0.05, 0.1) is 16.9 Å². The number of methoxy groups -OCH3 is 1. The van der Waals surface area contributed by atoms with Crippen LogP contribution in [0.2, 0.25) is 0 Å². The van der Waals surface area contributed by atoms with Crippen LogP contribution < -0.4 is 19.5 Å². The van der Waals surface area contributed by atoms with E-state index < -0.39 is 20.0 Å². The lowest BCUT2D eigenvalue weighted by molar-refractivity contribution is -0.123. The molecule has 0 atom stereocenters. The van der Waals surface area contributed by atoms with Crippen LogP contribution in [0.4, 0.5) is 5.69 Å². The molecule has 1 heterocycles. The summed E-state index contributed by atoms with van der Waals surface area (Å²) in [6.45, 7) is 2.94. The normalized spacial score (nSPS) is 14.1. The first-order valence-corrected chi connectivity index (χ1v) is 15.8. The van der Waals surface area contributed by atoms with E-state index in [1.807, 2.05) is 0 Å². The third kappa shape index (κ3) is 7.32. The summed E-state index contributed by atoms with van der Waals surface area (Å²) in [6, 6.07) is 17.7. The van der Waals surface area contributed by atoms with Crippen LogP contribution >= 0.6 is 0 Å². The van der Waals surface area contributed by atoms with Gasteiger partial charge in [-0.05, 0) is 91.9 Å². The molecule has 10 nitrogen and oxygen atoms in total. The molecule has 1 saturated heterocycles. The highest BCUT2D eigenvalue weighted by Gasteiger charge is 2.26. The molecule has 1 amide bonds. The number of nitrogens with zero attached hydrogens (tertiary/aromatic N) is 1. The van der Waals surface area contributed by atoms with E-state index >= 15 is 0 Å². The third-order valence-electron chi connectivity index (χ3n) is 6.52. The minimum atomic E-state index is -3.82. The quantitative estimate of drug-likeness (QED) is 0.332. The fraction of sp³-hybridized carbons (Fsp3) is 0.321. The maximum absolute atomic E-state index is 12.8. The van der Waals surface area contributed by atoms with E-state index in [0.717, 1.165) is 18.4 Å². The number of sulfonamides is 2. The van der Waals surface area contributed by atoms with Gasteiger partial charge < -0.3 is 14.8 Å². The standard InChI is InChI=1S/C28H33N3O7S2/c1-21-19-26(39(33,34)30-23-7-9-24(37-2)10-8-23)13-14-27(21)38-20-28(32)29-16-15-22-5-11-25(12-6-22)40(35,36)31-17-3-4-18-31/h5-14,19,30H,3-4,15-18,20H2,1-2H3,(H,29,32). The Morgan fingerprint density at radius 1 is 0.900 bits per heavy atom. The Labute approximate surface area is 235 Å². The van der Waals surface area contributed by atoms with Gasteiger partial charge in [-0.2, -0.15) is 4.31 Å². The second-order valence-electron chi connectivity index (χ2n) is 9.41. The van der Waals surface area contributed by atoms with Gasteiger partial charge in [0.25, 0.3) is 15.9 Å². The van der Waals surface area contributed by atoms with Crippen LogP contribution in [-0.4, -0.2) is 60.4 Å². The Morgan fingerprint density at radius 2 is 1.55 bits per heavy atom. The Kier molecular flexibility index (Phi) is 9.33. The SMILES string of the molecule is COc1ccc(NS(=O)(=O)c2ccc(OCC(=O)NCCc3ccc(S(=O)(=O)N4CCCC4)cc3)c(C)c2)cc1. The van der Waals surface area contributed by atoms with Crippen molar-refractivity contribution >= 4 is 31.6 Å². The molecule has 0 radical (unpaired) electrons. The van der Waals surface area contributed by atoms with Crippen molar-refractivity contribution in [3.05, 3.63) is 77.9 Å². The molecule has 0 aliphatic carbocycles. The van der Waals surface area contributed by atoms with Crippen molar-refractivity contribution in [3.8, 4) is 11.5 Å². The Bertz CT molecular complexity index is 1530. The van der Waals surface area contributed by atoms with Gasteiger partial charge >= 0.3 is 0 Å². The number of hydrogen-bond acceptors (Lipinski definition) is 7. The smallest absolute Gasteiger partial charge is 0.261 e. The van der Waals surface area contributed by atoms with Gasteiger partial charge in [0.15, 0.2) is 6.61 Å². The van der Waals surface area contributed by atoms with Crippen molar-refractivity contribution in [2.75, 3.05) is 38.1 Å². The zero-order chi connectivity index (χ0) is 28.8. The molecule has 1 aliphatic heterocycles. The Hall–Kier alpha value is -3.61. The lowest BCUT2D eigenvalue weighted by Gasteiger charge is -2.15. The van der Waals surface area contributed by atoms with E-state index in [1.54, 1.807) is 55.5 Å². The minimum absolute atomic E-state index is 0.0665. The number of rotatable bonds is 12. The van der Waals surface area contributed by atoms with E-state index in [4.69, 9.17) is 9.47 Å². The van der Waals surface area contributed by atoms with E-state index in [0.29, 0.717) is 48.8 Å². The first-order chi connectivity index (χ1) is 19.1. The van der Waals surface area contributed by atoms with Gasteiger partial charge in [0.2, 0.25) is 10.0 Å². The highest BCUT2D eigenvalue weighted by atomic mass is 32.2. The average molecular weight is 588 g/mol. The first kappa shape index (κ1) is 29.4. The summed E-state index contributed by atoms with van der Waals surface area (Å²) in [4.78, 5) is 12.6. The second-order valence-corrected chi connectivity index (χ2v) is 13.0. The number of anilines is 1. The predicted molar refractivity (Wildman–Crippen MR) is 152 cm³/mol. The molecule has 0 unspecified atom stereocenters. The zero-order valence-electron chi connectivity index (χ0n) is 22.4. The molecule has 0 bridgehead atoms. The monoisotopic (exact) mass is 587 g/mol. The summed E-state index contributed by atoms with van der Waals surface area (Å²) in [5.74, 6) is 0.683. The van der Waals surface area contributed by atoms with E-state index in [-0.39, 0.29) is 22.3 Å². The fourth-order valence-electron chi connectivity index (χ4n) is 4.27. The molecular weight excluding hydrogens is 554 g/mol. The second kappa shape index (κ2) is 12.7. The number of carbonyl (C=O) groups excluding carboxylic acids is 1. The van der Waals surface area contributed by atoms with Crippen molar-refractivity contribution < 1.29 is 31.1 Å². The minimum Gasteiger partial charge on any atom is -0.497 e. The topological polar surface area (TPSA) is 131 Å². The van der Waals surface area contributed by atoms with Gasteiger partial charge in [-0.15, -0.1) is 0 Å². The fourth-order valence-corrected chi connectivity index (χ4v) is 6.93. The summed E-state index contributed by atoms with van der Waals surface area (Å²) in [7, 11) is -5.74. The summed E-state index contributed by atoms with van der Waals surface area (Å²) < 4.78 is 65.5. The lowest BCUT2D eigenvalue weighted by Crippen LogP contribution is -2.30. The lowest BCUT2D eigenvalue weighted by atomic mass is 10.1. The van der Waals surface area contributed by atoms with Gasteiger partial charge in [0.1, 0.15) is 11.5 Å². The highest BCUT2D eigenvalue weighted by molar-refractivity contribution is 7.92. The van der Waals surface area contributed by atoms with Crippen LogP contribution in [0.15, 0.2) is 76.5 Å². The van der Waals surface area contributed by atoms with Gasteiger partial charge in [0, 0.05) is 25.3 Å². The Balaban J connectivity index is 1.24. The highest BCUT2D eigenvalue weighted by Crippen LogP contribution is 2.25. The number of ether oxygens (including phenoxy) is 2. The number of amides is 1. The number of hydrogen-bond donors (Lipinski definition) is 2. The van der Waals surface area contributed by atoms with Crippen molar-refractivity contribution in [3.63, 3.8) is 0 Å². The van der Waals surface area contributed by atoms with E-state index in [2.05, 4.69) is 10.0 Å². The van der Waals surface area contributed by atoms with Crippen molar-refractivity contribution in [2.45, 2.75) is 36.0 Å². The molecule has 0 saturated carbocycles. The largest absolute Gasteiger partial charge is 0.497 e. The zero-order valence-corrected chi connectivity index (χ0v) is 24.1. The molecule has 12 heteroatoms. The molecular formula is C28H33N3O7S2. The van der Waals surface area contributed by atoms with Gasteiger partial charge in [-0.3, -0.25) is 9.52 Å². The molecule has 1 fully saturated rings. The number of nitrogens with one attached hydrogen (secondary N) is 2. The maximum Gasteiger partial charge on any atom is 0.261 e.